The molecule has 0 fully saturated rings. The summed E-state index contributed by atoms with van der Waals surface area (Å²) in [7, 11) is 0. The first-order valence-corrected chi connectivity index (χ1v) is 7.87. The van der Waals surface area contributed by atoms with Gasteiger partial charge in [-0.25, -0.2) is 0 Å². The molecule has 0 spiro atoms. The van der Waals surface area contributed by atoms with Crippen LogP contribution in [0.25, 0.3) is 0 Å². The van der Waals surface area contributed by atoms with E-state index in [1.807, 2.05) is 30.3 Å². The topological polar surface area (TPSA) is 82.8 Å². The third-order valence-electron chi connectivity index (χ3n) is 1.93. The molecule has 1 rings (SSSR count). The molecule has 120 valence electrons. The average molecular weight is 371 g/mol. The Hall–Kier alpha value is -1.48. The molecular formula is C16H14FeNO4P. The van der Waals surface area contributed by atoms with Crippen LogP contribution in [0.1, 0.15) is 19.4 Å². The van der Waals surface area contributed by atoms with E-state index in [4.69, 9.17) is 18.6 Å². The standard InChI is InChI=1S/C12H14NP.4CO.Fe/c1-11(2)13(14)10-6-9-12-7-4-3-5-8-12;4*1-2;/h3-5,7-8,11H,10H2,1-2H3;;;;;. The van der Waals surface area contributed by atoms with Gasteiger partial charge in [0, 0.05) is 0 Å². The molecule has 0 unspecified atom stereocenters. The quantitative estimate of drug-likeness (QED) is 0.264. The maximum atomic E-state index is 7.50. The molecule has 0 heterocycles. The fourth-order valence-corrected chi connectivity index (χ4v) is 2.32. The number of rotatable bonds is 3. The molecule has 0 aromatic heterocycles. The zero-order chi connectivity index (χ0) is 19.1. The van der Waals surface area contributed by atoms with Crippen molar-refractivity contribution in [1.29, 1.82) is 0 Å². The summed E-state index contributed by atoms with van der Waals surface area (Å²) in [5, 5.41) is 0. The minimum atomic E-state index is 0.495. The summed E-state index contributed by atoms with van der Waals surface area (Å²) in [6.07, 6.45) is 0. The Morgan fingerprint density at radius 2 is 1.43 bits per heavy atom. The van der Waals surface area contributed by atoms with Gasteiger partial charge in [0.05, 0.1) is 0 Å². The molecule has 1 aromatic rings. The predicted octanol–water partition coefficient (Wildman–Crippen LogP) is 2.92. The van der Waals surface area contributed by atoms with Crippen LogP contribution in [-0.4, -0.2) is 17.3 Å². The van der Waals surface area contributed by atoms with Crippen LogP contribution >= 0.6 is 6.98 Å². The summed E-state index contributed by atoms with van der Waals surface area (Å²) >= 11 is 3.86. The van der Waals surface area contributed by atoms with Gasteiger partial charge in [0.1, 0.15) is 0 Å². The van der Waals surface area contributed by atoms with Gasteiger partial charge in [-0.1, -0.05) is 0 Å². The van der Waals surface area contributed by atoms with E-state index in [1.54, 1.807) is 0 Å². The SMILES string of the molecule is CC(C)N(CC#Cc1ccccc1)[P]=[Fe].[C-]#[O+].[C-]#[O+].[C-]#[O+].[C-]#[O+]. The fraction of sp³-hybridized carbons (Fsp3) is 0.250. The van der Waals surface area contributed by atoms with E-state index in [9.17, 15) is 0 Å². The summed E-state index contributed by atoms with van der Waals surface area (Å²) in [6.45, 7) is 24.1. The Labute approximate surface area is 146 Å². The summed E-state index contributed by atoms with van der Waals surface area (Å²) in [5.74, 6) is 6.30. The molecule has 5 nitrogen and oxygen atoms in total. The van der Waals surface area contributed by atoms with Crippen molar-refractivity contribution in [3.05, 3.63) is 62.5 Å². The second-order valence-electron chi connectivity index (χ2n) is 3.43. The van der Waals surface area contributed by atoms with Crippen LogP contribution in [0, 0.1) is 38.4 Å². The summed E-state index contributed by atoms with van der Waals surface area (Å²) < 4.78 is 32.2. The minimum absolute atomic E-state index is 0.495. The molecule has 0 saturated heterocycles. The van der Waals surface area contributed by atoms with E-state index < -0.39 is 0 Å². The molecule has 0 amide bonds. The van der Waals surface area contributed by atoms with Crippen LogP contribution in [0.5, 0.6) is 0 Å². The first-order valence-electron chi connectivity index (χ1n) is 5.67. The average Bonchev–Trinajstić information content (AvgIpc) is 2.66. The molecule has 0 aliphatic rings. The summed E-state index contributed by atoms with van der Waals surface area (Å²) in [5.41, 5.74) is 1.07. The van der Waals surface area contributed by atoms with Crippen molar-refractivity contribution in [1.82, 2.24) is 4.67 Å². The second-order valence-corrected chi connectivity index (χ2v) is 4.75. The Bertz CT molecular complexity index is 503. The van der Waals surface area contributed by atoms with Crippen molar-refractivity contribution in [2.75, 3.05) is 6.54 Å². The predicted molar refractivity (Wildman–Crippen MR) is 77.8 cm³/mol. The Kier molecular flexibility index (Phi) is 36.8. The third-order valence-corrected chi connectivity index (χ3v) is 3.57. The number of nitrogens with zero attached hydrogens (tertiary/aromatic N) is 1. The third kappa shape index (κ3) is 20.5. The molecule has 0 radical (unpaired) electrons. The van der Waals surface area contributed by atoms with Crippen LogP contribution in [0.2, 0.25) is 0 Å². The van der Waals surface area contributed by atoms with Crippen molar-refractivity contribution in [3.8, 4) is 11.8 Å². The van der Waals surface area contributed by atoms with Crippen molar-refractivity contribution >= 4 is 6.98 Å². The molecule has 0 saturated carbocycles. The monoisotopic (exact) mass is 371 g/mol. The molecule has 7 heteroatoms. The molecular weight excluding hydrogens is 357 g/mol. The van der Waals surface area contributed by atoms with E-state index >= 15 is 0 Å². The van der Waals surface area contributed by atoms with Crippen LogP contribution in [0.4, 0.5) is 0 Å². The summed E-state index contributed by atoms with van der Waals surface area (Å²) in [4.78, 5) is 0. The van der Waals surface area contributed by atoms with Crippen molar-refractivity contribution in [3.63, 3.8) is 0 Å². The van der Waals surface area contributed by atoms with E-state index in [-0.39, 0.29) is 0 Å². The second kappa shape index (κ2) is 28.6. The van der Waals surface area contributed by atoms with Gasteiger partial charge < -0.3 is 0 Å². The molecule has 0 atom stereocenters. The van der Waals surface area contributed by atoms with Crippen LogP contribution in [-0.2, 0) is 33.7 Å². The number of hydrogen-bond donors (Lipinski definition) is 0. The van der Waals surface area contributed by atoms with Gasteiger partial charge in [-0.05, 0) is 0 Å². The first kappa shape index (κ1) is 29.5. The van der Waals surface area contributed by atoms with Gasteiger partial charge in [-0.15, -0.1) is 0 Å². The Balaban J connectivity index is -0.000000196. The molecule has 0 aliphatic carbocycles. The van der Waals surface area contributed by atoms with Gasteiger partial charge in [0.15, 0.2) is 0 Å². The van der Waals surface area contributed by atoms with Crippen molar-refractivity contribution < 1.29 is 33.7 Å². The normalized spacial score (nSPS) is 7.17. The molecule has 0 bridgehead atoms. The zero-order valence-electron chi connectivity index (χ0n) is 12.6. The molecule has 0 N–H and O–H groups in total. The van der Waals surface area contributed by atoms with Gasteiger partial charge in [-0.3, -0.25) is 0 Å². The molecule has 0 aliphatic heterocycles. The number of hydrogen-bond acceptors (Lipinski definition) is 1. The fourth-order valence-electron chi connectivity index (χ4n) is 1.03. The van der Waals surface area contributed by atoms with Crippen LogP contribution < -0.4 is 0 Å². The van der Waals surface area contributed by atoms with E-state index in [1.165, 1.54) is 0 Å². The number of benzene rings is 1. The van der Waals surface area contributed by atoms with E-state index in [2.05, 4.69) is 72.1 Å². The van der Waals surface area contributed by atoms with E-state index in [0.717, 1.165) is 19.1 Å². The maximum absolute atomic E-state index is 7.50. The first-order chi connectivity index (χ1) is 11.2. The Morgan fingerprint density at radius 3 is 1.78 bits per heavy atom. The summed E-state index contributed by atoms with van der Waals surface area (Å²) in [6, 6.07) is 10.5. The van der Waals surface area contributed by atoms with Gasteiger partial charge >= 0.3 is 146 Å². The molecule has 23 heavy (non-hydrogen) atoms. The van der Waals surface area contributed by atoms with Crippen LogP contribution in [0.15, 0.2) is 30.3 Å². The van der Waals surface area contributed by atoms with Gasteiger partial charge in [-0.2, -0.15) is 0 Å². The van der Waals surface area contributed by atoms with Crippen LogP contribution in [0.3, 0.4) is 0 Å². The van der Waals surface area contributed by atoms with Gasteiger partial charge in [0.25, 0.3) is 0 Å². The Morgan fingerprint density at radius 1 is 1.00 bits per heavy atom. The van der Waals surface area contributed by atoms with Crippen molar-refractivity contribution in [2.45, 2.75) is 19.9 Å². The van der Waals surface area contributed by atoms with Crippen molar-refractivity contribution in [2.24, 2.45) is 0 Å². The van der Waals surface area contributed by atoms with Gasteiger partial charge in [0.2, 0.25) is 0 Å². The van der Waals surface area contributed by atoms with E-state index in [0.29, 0.717) is 6.04 Å². The molecule has 1 aromatic carbocycles. The zero-order valence-corrected chi connectivity index (χ0v) is 14.6.